The van der Waals surface area contributed by atoms with Gasteiger partial charge in [0.05, 0.1) is 13.2 Å². The Bertz CT molecular complexity index is 586. The topological polar surface area (TPSA) is 79.2 Å². The molecule has 0 aliphatic rings. The average molecular weight is 355 g/mol. The summed E-state index contributed by atoms with van der Waals surface area (Å²) < 4.78 is 4.87. The second-order valence-corrected chi connectivity index (χ2v) is 6.36. The van der Waals surface area contributed by atoms with Gasteiger partial charge >= 0.3 is 5.97 Å². The minimum absolute atomic E-state index is 0.143. The third-order valence-corrected chi connectivity index (χ3v) is 4.30. The van der Waals surface area contributed by atoms with Crippen molar-refractivity contribution in [3.63, 3.8) is 0 Å². The predicted molar refractivity (Wildman–Crippen MR) is 91.5 cm³/mol. The zero-order valence-corrected chi connectivity index (χ0v) is 14.7. The van der Waals surface area contributed by atoms with E-state index >= 15 is 0 Å². The number of rotatable bonds is 8. The van der Waals surface area contributed by atoms with Crippen molar-refractivity contribution in [1.82, 2.24) is 5.32 Å². The molecule has 0 bridgehead atoms. The Labute approximate surface area is 145 Å². The lowest BCUT2D eigenvalue weighted by atomic mass is 9.90. The second kappa shape index (κ2) is 9.43. The van der Waals surface area contributed by atoms with E-state index in [9.17, 15) is 9.59 Å². The number of benzene rings is 1. The number of nitrogens with zero attached hydrogens (tertiary/aromatic N) is 1. The van der Waals surface area contributed by atoms with Crippen molar-refractivity contribution < 1.29 is 14.3 Å². The fourth-order valence-corrected chi connectivity index (χ4v) is 2.82. The number of hydrogen-bond donors (Lipinski definition) is 1. The van der Waals surface area contributed by atoms with Gasteiger partial charge < -0.3 is 10.1 Å². The van der Waals surface area contributed by atoms with Gasteiger partial charge in [0.2, 0.25) is 0 Å². The fourth-order valence-electron chi connectivity index (χ4n) is 2.14. The van der Waals surface area contributed by atoms with Crippen molar-refractivity contribution in [2.75, 3.05) is 19.1 Å². The SMILES string of the molecule is COC(=O)[C@](CCC#N)(CCSC)NC(=O)c1ccc(Cl)cc1. The highest BCUT2D eigenvalue weighted by molar-refractivity contribution is 7.98. The lowest BCUT2D eigenvalue weighted by Gasteiger charge is -2.31. The summed E-state index contributed by atoms with van der Waals surface area (Å²) in [5, 5.41) is 12.1. The largest absolute Gasteiger partial charge is 0.467 e. The van der Waals surface area contributed by atoms with Gasteiger partial charge in [-0.2, -0.15) is 17.0 Å². The van der Waals surface area contributed by atoms with Gasteiger partial charge in [-0.3, -0.25) is 4.79 Å². The molecule has 124 valence electrons. The summed E-state index contributed by atoms with van der Waals surface area (Å²) in [5.74, 6) is -0.281. The Morgan fingerprint density at radius 3 is 2.52 bits per heavy atom. The molecule has 0 saturated carbocycles. The van der Waals surface area contributed by atoms with Crippen LogP contribution >= 0.6 is 23.4 Å². The fraction of sp³-hybridized carbons (Fsp3) is 0.438. The van der Waals surface area contributed by atoms with Crippen molar-refractivity contribution in [3.05, 3.63) is 34.9 Å². The van der Waals surface area contributed by atoms with Crippen LogP contribution in [-0.2, 0) is 9.53 Å². The number of carbonyl (C=O) groups excluding carboxylic acids is 2. The molecule has 0 aliphatic heterocycles. The van der Waals surface area contributed by atoms with Crippen molar-refractivity contribution in [2.24, 2.45) is 0 Å². The Balaban J connectivity index is 3.05. The Morgan fingerprint density at radius 1 is 1.35 bits per heavy atom. The molecular weight excluding hydrogens is 336 g/mol. The first-order valence-corrected chi connectivity index (χ1v) is 8.78. The molecule has 7 heteroatoms. The number of ether oxygens (including phenoxy) is 1. The number of methoxy groups -OCH3 is 1. The highest BCUT2D eigenvalue weighted by atomic mass is 35.5. The average Bonchev–Trinajstić information content (AvgIpc) is 2.57. The monoisotopic (exact) mass is 354 g/mol. The van der Waals surface area contributed by atoms with Crippen molar-refractivity contribution >= 4 is 35.2 Å². The van der Waals surface area contributed by atoms with Crippen LogP contribution in [0.1, 0.15) is 29.6 Å². The molecule has 0 spiro atoms. The van der Waals surface area contributed by atoms with Crippen LogP contribution < -0.4 is 5.32 Å². The lowest BCUT2D eigenvalue weighted by Crippen LogP contribution is -2.55. The van der Waals surface area contributed by atoms with Crippen LogP contribution in [0.2, 0.25) is 5.02 Å². The molecule has 1 amide bonds. The molecule has 1 rings (SSSR count). The van der Waals surface area contributed by atoms with Gasteiger partial charge in [0, 0.05) is 17.0 Å². The van der Waals surface area contributed by atoms with E-state index in [1.807, 2.05) is 12.3 Å². The minimum atomic E-state index is -1.20. The molecule has 1 atom stereocenters. The molecule has 0 aromatic heterocycles. The van der Waals surface area contributed by atoms with Gasteiger partial charge in [-0.25, -0.2) is 4.79 Å². The molecule has 0 unspecified atom stereocenters. The molecule has 23 heavy (non-hydrogen) atoms. The maximum Gasteiger partial charge on any atom is 0.331 e. The summed E-state index contributed by atoms with van der Waals surface area (Å²) in [6, 6.07) is 8.39. The van der Waals surface area contributed by atoms with E-state index in [1.165, 1.54) is 7.11 Å². The lowest BCUT2D eigenvalue weighted by molar-refractivity contribution is -0.148. The molecule has 1 N–H and O–H groups in total. The molecule has 5 nitrogen and oxygen atoms in total. The van der Waals surface area contributed by atoms with Gasteiger partial charge in [0.15, 0.2) is 0 Å². The number of halogens is 1. The molecule has 1 aromatic rings. The summed E-state index contributed by atoms with van der Waals surface area (Å²) in [5.41, 5.74) is -0.812. The normalized spacial score (nSPS) is 12.8. The van der Waals surface area contributed by atoms with Gasteiger partial charge in [-0.05, 0) is 49.1 Å². The number of hydrogen-bond acceptors (Lipinski definition) is 5. The van der Waals surface area contributed by atoms with E-state index < -0.39 is 17.4 Å². The van der Waals surface area contributed by atoms with Gasteiger partial charge in [-0.15, -0.1) is 0 Å². The quantitative estimate of drug-likeness (QED) is 0.726. The van der Waals surface area contributed by atoms with E-state index in [0.717, 1.165) is 0 Å². The molecule has 0 aliphatic carbocycles. The number of nitrogens with one attached hydrogen (secondary N) is 1. The van der Waals surface area contributed by atoms with E-state index in [2.05, 4.69) is 5.32 Å². The third-order valence-electron chi connectivity index (χ3n) is 3.43. The first-order chi connectivity index (χ1) is 11.0. The van der Waals surface area contributed by atoms with Crippen LogP contribution in [0.5, 0.6) is 0 Å². The van der Waals surface area contributed by atoms with Crippen molar-refractivity contribution in [3.8, 4) is 6.07 Å². The molecule has 1 aromatic carbocycles. The summed E-state index contributed by atoms with van der Waals surface area (Å²) in [6.07, 6.45) is 2.65. The van der Waals surface area contributed by atoms with E-state index in [4.69, 9.17) is 21.6 Å². The zero-order chi connectivity index (χ0) is 17.3. The maximum absolute atomic E-state index is 12.5. The number of amides is 1. The van der Waals surface area contributed by atoms with Crippen molar-refractivity contribution in [2.45, 2.75) is 24.8 Å². The molecule has 0 saturated heterocycles. The Morgan fingerprint density at radius 2 is 2.00 bits per heavy atom. The number of carbonyl (C=O) groups is 2. The Kier molecular flexibility index (Phi) is 7.93. The van der Waals surface area contributed by atoms with E-state index in [1.54, 1.807) is 36.0 Å². The smallest absolute Gasteiger partial charge is 0.331 e. The number of thioether (sulfide) groups is 1. The summed E-state index contributed by atoms with van der Waals surface area (Å²) in [7, 11) is 1.27. The summed E-state index contributed by atoms with van der Waals surface area (Å²) >= 11 is 7.37. The van der Waals surface area contributed by atoms with Gasteiger partial charge in [0.25, 0.3) is 5.91 Å². The first kappa shape index (κ1) is 19.3. The van der Waals surface area contributed by atoms with Gasteiger partial charge in [-0.1, -0.05) is 11.6 Å². The first-order valence-electron chi connectivity index (χ1n) is 7.01. The standard InChI is InChI=1S/C16H19ClN2O3S/c1-22-15(21)16(8-3-10-18,9-11-23-2)19-14(20)12-4-6-13(17)7-5-12/h4-7H,3,8-9,11H2,1-2H3,(H,19,20)/t16-/m0/s1. The van der Waals surface area contributed by atoms with Crippen LogP contribution in [0.25, 0.3) is 0 Å². The molecule has 0 radical (unpaired) electrons. The summed E-state index contributed by atoms with van der Waals surface area (Å²) in [4.78, 5) is 24.8. The van der Waals surface area contributed by atoms with Crippen LogP contribution in [-0.4, -0.2) is 36.5 Å². The van der Waals surface area contributed by atoms with Crippen LogP contribution in [0.15, 0.2) is 24.3 Å². The van der Waals surface area contributed by atoms with Crippen LogP contribution in [0.3, 0.4) is 0 Å². The highest BCUT2D eigenvalue weighted by Gasteiger charge is 2.40. The van der Waals surface area contributed by atoms with Crippen LogP contribution in [0, 0.1) is 11.3 Å². The highest BCUT2D eigenvalue weighted by Crippen LogP contribution is 2.23. The third kappa shape index (κ3) is 5.45. The second-order valence-electron chi connectivity index (χ2n) is 4.94. The minimum Gasteiger partial charge on any atom is -0.467 e. The van der Waals surface area contributed by atoms with E-state index in [-0.39, 0.29) is 12.8 Å². The Hall–Kier alpha value is -1.71. The number of nitriles is 1. The number of esters is 1. The zero-order valence-electron chi connectivity index (χ0n) is 13.1. The van der Waals surface area contributed by atoms with Crippen molar-refractivity contribution in [1.29, 1.82) is 5.26 Å². The maximum atomic E-state index is 12.5. The molecule has 0 heterocycles. The predicted octanol–water partition coefficient (Wildman–Crippen LogP) is 3.04. The molecular formula is C16H19ClN2O3S. The van der Waals surface area contributed by atoms with Crippen LogP contribution in [0.4, 0.5) is 0 Å². The molecule has 0 fully saturated rings. The van der Waals surface area contributed by atoms with Gasteiger partial charge in [0.1, 0.15) is 5.54 Å². The summed E-state index contributed by atoms with van der Waals surface area (Å²) in [6.45, 7) is 0. The van der Waals surface area contributed by atoms with E-state index in [0.29, 0.717) is 22.8 Å².